The van der Waals surface area contributed by atoms with Gasteiger partial charge < -0.3 is 15.0 Å². The zero-order valence-corrected chi connectivity index (χ0v) is 14.8. The van der Waals surface area contributed by atoms with Crippen LogP contribution in [0.1, 0.15) is 15.9 Å². The van der Waals surface area contributed by atoms with E-state index in [1.54, 1.807) is 0 Å². The Labute approximate surface area is 149 Å². The lowest BCUT2D eigenvalue weighted by Crippen LogP contribution is -2.36. The molecule has 0 atom stereocenters. The van der Waals surface area contributed by atoms with Crippen LogP contribution in [0.2, 0.25) is 0 Å². The van der Waals surface area contributed by atoms with E-state index in [0.717, 1.165) is 41.3 Å². The van der Waals surface area contributed by atoms with E-state index in [1.165, 1.54) is 0 Å². The van der Waals surface area contributed by atoms with E-state index in [0.29, 0.717) is 12.1 Å². The Morgan fingerprint density at radius 3 is 2.70 bits per heavy atom. The van der Waals surface area contributed by atoms with Crippen LogP contribution in [-0.4, -0.2) is 37.2 Å². The highest BCUT2D eigenvalue weighted by Crippen LogP contribution is 2.14. The minimum absolute atomic E-state index is 0.0627. The molecular weight excluding hydrogens is 405 g/mol. The zero-order valence-electron chi connectivity index (χ0n) is 12.7. The van der Waals surface area contributed by atoms with Crippen LogP contribution >= 0.6 is 22.6 Å². The molecule has 0 saturated carbocycles. The van der Waals surface area contributed by atoms with Crippen molar-refractivity contribution in [1.29, 1.82) is 0 Å². The van der Waals surface area contributed by atoms with Gasteiger partial charge in [-0.2, -0.15) is 0 Å². The number of carbonyl (C=O) groups is 1. The number of nitrogens with one attached hydrogen (secondary N) is 1. The highest BCUT2D eigenvalue weighted by molar-refractivity contribution is 14.1. The first-order valence-electron chi connectivity index (χ1n) is 7.54. The van der Waals surface area contributed by atoms with Crippen molar-refractivity contribution < 1.29 is 9.53 Å². The van der Waals surface area contributed by atoms with Gasteiger partial charge in [-0.15, -0.1) is 0 Å². The maximum Gasteiger partial charge on any atom is 0.252 e. The molecule has 5 nitrogen and oxygen atoms in total. The van der Waals surface area contributed by atoms with Gasteiger partial charge in [0.25, 0.3) is 5.91 Å². The molecule has 0 unspecified atom stereocenters. The van der Waals surface area contributed by atoms with Crippen LogP contribution < -0.4 is 10.2 Å². The molecule has 0 bridgehead atoms. The Balaban J connectivity index is 1.58. The number of nitrogens with zero attached hydrogens (tertiary/aromatic N) is 2. The largest absolute Gasteiger partial charge is 0.378 e. The SMILES string of the molecule is O=C(NCc1ccc(N2CCOCC2)nc1)c1ccccc1I. The molecule has 1 saturated heterocycles. The topological polar surface area (TPSA) is 54.5 Å². The van der Waals surface area contributed by atoms with Gasteiger partial charge in [0.2, 0.25) is 0 Å². The predicted octanol–water partition coefficient (Wildman–Crippen LogP) is 2.45. The summed E-state index contributed by atoms with van der Waals surface area (Å²) in [4.78, 5) is 18.9. The van der Waals surface area contributed by atoms with Gasteiger partial charge in [0.1, 0.15) is 5.82 Å². The normalized spacial score (nSPS) is 14.6. The van der Waals surface area contributed by atoms with Gasteiger partial charge in [0, 0.05) is 29.4 Å². The number of carbonyl (C=O) groups excluding carboxylic acids is 1. The van der Waals surface area contributed by atoms with E-state index in [9.17, 15) is 4.79 Å². The van der Waals surface area contributed by atoms with Crippen LogP contribution in [0.3, 0.4) is 0 Å². The van der Waals surface area contributed by atoms with E-state index in [1.807, 2.05) is 42.6 Å². The predicted molar refractivity (Wildman–Crippen MR) is 97.6 cm³/mol. The Bertz CT molecular complexity index is 670. The summed E-state index contributed by atoms with van der Waals surface area (Å²) in [6.45, 7) is 3.70. The monoisotopic (exact) mass is 423 g/mol. The number of morpholine rings is 1. The molecule has 1 aromatic carbocycles. The molecule has 1 amide bonds. The maximum atomic E-state index is 12.2. The fourth-order valence-corrected chi connectivity index (χ4v) is 3.06. The van der Waals surface area contributed by atoms with Gasteiger partial charge in [-0.3, -0.25) is 4.79 Å². The molecule has 1 aliphatic heterocycles. The molecule has 1 N–H and O–H groups in total. The number of amides is 1. The van der Waals surface area contributed by atoms with E-state index in [4.69, 9.17) is 4.74 Å². The van der Waals surface area contributed by atoms with Crippen LogP contribution in [0.15, 0.2) is 42.6 Å². The van der Waals surface area contributed by atoms with E-state index in [2.05, 4.69) is 37.8 Å². The molecule has 2 aromatic rings. The lowest BCUT2D eigenvalue weighted by molar-refractivity contribution is 0.0950. The van der Waals surface area contributed by atoms with Crippen LogP contribution in [0.5, 0.6) is 0 Å². The van der Waals surface area contributed by atoms with E-state index < -0.39 is 0 Å². The van der Waals surface area contributed by atoms with Crippen LogP contribution in [0.4, 0.5) is 5.82 Å². The molecule has 0 aliphatic carbocycles. The standard InChI is InChI=1S/C17H18IN3O2/c18-15-4-2-1-3-14(15)17(22)20-12-13-5-6-16(19-11-13)21-7-9-23-10-8-21/h1-6,11H,7-10,12H2,(H,20,22). The average molecular weight is 423 g/mol. The van der Waals surface area contributed by atoms with Crippen LogP contribution in [0.25, 0.3) is 0 Å². The summed E-state index contributed by atoms with van der Waals surface area (Å²) in [7, 11) is 0. The van der Waals surface area contributed by atoms with Crippen molar-refractivity contribution in [3.05, 3.63) is 57.3 Å². The van der Waals surface area contributed by atoms with Crippen molar-refractivity contribution in [2.24, 2.45) is 0 Å². The van der Waals surface area contributed by atoms with Crippen LogP contribution in [0, 0.1) is 3.57 Å². The van der Waals surface area contributed by atoms with Crippen molar-refractivity contribution in [3.8, 4) is 0 Å². The van der Waals surface area contributed by atoms with Crippen molar-refractivity contribution in [2.75, 3.05) is 31.2 Å². The van der Waals surface area contributed by atoms with E-state index >= 15 is 0 Å². The smallest absolute Gasteiger partial charge is 0.252 e. The molecule has 3 rings (SSSR count). The first-order valence-corrected chi connectivity index (χ1v) is 8.62. The van der Waals surface area contributed by atoms with Gasteiger partial charge in [0.15, 0.2) is 0 Å². The first kappa shape index (κ1) is 16.2. The Morgan fingerprint density at radius 1 is 1.22 bits per heavy atom. The molecular formula is C17H18IN3O2. The summed E-state index contributed by atoms with van der Waals surface area (Å²) in [6, 6.07) is 11.6. The third-order valence-corrected chi connectivity index (χ3v) is 4.66. The summed E-state index contributed by atoms with van der Waals surface area (Å²) in [5.41, 5.74) is 1.69. The average Bonchev–Trinajstić information content (AvgIpc) is 2.61. The quantitative estimate of drug-likeness (QED) is 0.768. The summed E-state index contributed by atoms with van der Waals surface area (Å²) in [6.07, 6.45) is 1.82. The molecule has 23 heavy (non-hydrogen) atoms. The minimum Gasteiger partial charge on any atom is -0.378 e. The zero-order chi connectivity index (χ0) is 16.1. The number of benzene rings is 1. The van der Waals surface area contributed by atoms with Gasteiger partial charge in [-0.05, 0) is 46.4 Å². The van der Waals surface area contributed by atoms with Crippen molar-refractivity contribution in [1.82, 2.24) is 10.3 Å². The van der Waals surface area contributed by atoms with E-state index in [-0.39, 0.29) is 5.91 Å². The highest BCUT2D eigenvalue weighted by Gasteiger charge is 2.12. The number of halogens is 1. The fourth-order valence-electron chi connectivity index (χ4n) is 2.42. The molecule has 120 valence electrons. The molecule has 0 spiro atoms. The Hall–Kier alpha value is -1.67. The molecule has 1 aromatic heterocycles. The summed E-state index contributed by atoms with van der Waals surface area (Å²) >= 11 is 2.17. The fraction of sp³-hybridized carbons (Fsp3) is 0.294. The number of hydrogen-bond acceptors (Lipinski definition) is 4. The molecule has 1 fully saturated rings. The summed E-state index contributed by atoms with van der Waals surface area (Å²) in [5, 5.41) is 2.94. The second kappa shape index (κ2) is 7.74. The Kier molecular flexibility index (Phi) is 5.45. The molecule has 6 heteroatoms. The third-order valence-electron chi connectivity index (χ3n) is 3.72. The number of anilines is 1. The Morgan fingerprint density at radius 2 is 2.00 bits per heavy atom. The lowest BCUT2D eigenvalue weighted by atomic mass is 10.2. The second-order valence-corrected chi connectivity index (χ2v) is 6.45. The highest BCUT2D eigenvalue weighted by atomic mass is 127. The summed E-state index contributed by atoms with van der Waals surface area (Å²) < 4.78 is 6.29. The van der Waals surface area contributed by atoms with Gasteiger partial charge in [-0.1, -0.05) is 18.2 Å². The number of hydrogen-bond donors (Lipinski definition) is 1. The number of aromatic nitrogens is 1. The van der Waals surface area contributed by atoms with Gasteiger partial charge >= 0.3 is 0 Å². The molecule has 2 heterocycles. The van der Waals surface area contributed by atoms with Crippen molar-refractivity contribution >= 4 is 34.3 Å². The second-order valence-electron chi connectivity index (χ2n) is 5.29. The number of pyridine rings is 1. The first-order chi connectivity index (χ1) is 11.2. The lowest BCUT2D eigenvalue weighted by Gasteiger charge is -2.27. The minimum atomic E-state index is -0.0627. The van der Waals surface area contributed by atoms with Gasteiger partial charge in [-0.25, -0.2) is 4.98 Å². The molecule has 0 radical (unpaired) electrons. The van der Waals surface area contributed by atoms with Gasteiger partial charge in [0.05, 0.1) is 18.8 Å². The van der Waals surface area contributed by atoms with Crippen molar-refractivity contribution in [2.45, 2.75) is 6.54 Å². The maximum absolute atomic E-state index is 12.2. The number of rotatable bonds is 4. The third kappa shape index (κ3) is 4.20. The van der Waals surface area contributed by atoms with Crippen molar-refractivity contribution in [3.63, 3.8) is 0 Å². The summed E-state index contributed by atoms with van der Waals surface area (Å²) in [5.74, 6) is 0.897. The number of ether oxygens (including phenoxy) is 1. The molecule has 1 aliphatic rings. The van der Waals surface area contributed by atoms with Crippen LogP contribution in [-0.2, 0) is 11.3 Å².